The second kappa shape index (κ2) is 5.68. The number of anilines is 1. The van der Waals surface area contributed by atoms with Gasteiger partial charge in [0.15, 0.2) is 0 Å². The molecule has 0 unspecified atom stereocenters. The van der Waals surface area contributed by atoms with Crippen molar-refractivity contribution in [3.63, 3.8) is 0 Å². The predicted octanol–water partition coefficient (Wildman–Crippen LogP) is 2.19. The summed E-state index contributed by atoms with van der Waals surface area (Å²) >= 11 is 5.48. The van der Waals surface area contributed by atoms with Gasteiger partial charge in [0.2, 0.25) is 5.91 Å². The number of carbonyl (C=O) groups is 1. The summed E-state index contributed by atoms with van der Waals surface area (Å²) in [5, 5.41) is 11.0. The van der Waals surface area contributed by atoms with Crippen LogP contribution in [0.15, 0.2) is 18.2 Å². The highest BCUT2D eigenvalue weighted by atomic mass is 35.5. The zero-order valence-corrected chi connectivity index (χ0v) is 8.72. The van der Waals surface area contributed by atoms with Crippen LogP contribution >= 0.6 is 11.6 Å². The average Bonchev–Trinajstić information content (AvgIpc) is 2.20. The van der Waals surface area contributed by atoms with Gasteiger partial charge in [-0.3, -0.25) is 4.79 Å². The van der Waals surface area contributed by atoms with E-state index in [0.29, 0.717) is 12.1 Å². The maximum atomic E-state index is 13.0. The Bertz CT molecular complexity index is 357. The number of aliphatic hydroxyl groups is 1. The van der Waals surface area contributed by atoms with Crippen molar-refractivity contribution in [1.82, 2.24) is 0 Å². The number of halogens is 2. The molecular weight excluding hydrogens is 221 g/mol. The van der Waals surface area contributed by atoms with Crippen LogP contribution in [0.5, 0.6) is 0 Å². The number of carbonyl (C=O) groups excluding carboxylic acids is 1. The van der Waals surface area contributed by atoms with E-state index in [4.69, 9.17) is 16.7 Å². The summed E-state index contributed by atoms with van der Waals surface area (Å²) in [5.41, 5.74) is 0.361. The van der Waals surface area contributed by atoms with E-state index in [1.54, 1.807) is 0 Å². The molecule has 0 aliphatic rings. The van der Waals surface area contributed by atoms with Gasteiger partial charge in [-0.1, -0.05) is 11.6 Å². The van der Waals surface area contributed by atoms with Crippen molar-refractivity contribution < 1.29 is 14.3 Å². The highest BCUT2D eigenvalue weighted by Crippen LogP contribution is 2.18. The van der Waals surface area contributed by atoms with Crippen LogP contribution in [-0.4, -0.2) is 17.6 Å². The number of nitrogens with one attached hydrogen (secondary N) is 1. The Morgan fingerprint density at radius 2 is 2.27 bits per heavy atom. The fraction of sp³-hybridized carbons (Fsp3) is 0.300. The van der Waals surface area contributed by atoms with E-state index in [1.807, 2.05) is 0 Å². The number of amides is 1. The molecule has 0 fully saturated rings. The molecule has 0 saturated carbocycles. The Kier molecular flexibility index (Phi) is 4.52. The Labute approximate surface area is 91.9 Å². The van der Waals surface area contributed by atoms with Crippen LogP contribution in [0.3, 0.4) is 0 Å². The molecule has 82 valence electrons. The largest absolute Gasteiger partial charge is 0.396 e. The fourth-order valence-corrected chi connectivity index (χ4v) is 1.15. The zero-order chi connectivity index (χ0) is 11.3. The molecule has 1 aromatic carbocycles. The summed E-state index contributed by atoms with van der Waals surface area (Å²) in [4.78, 5) is 11.2. The normalized spacial score (nSPS) is 10.1. The smallest absolute Gasteiger partial charge is 0.224 e. The summed E-state index contributed by atoms with van der Waals surface area (Å²) in [7, 11) is 0. The molecule has 0 aliphatic heterocycles. The lowest BCUT2D eigenvalue weighted by atomic mass is 10.2. The van der Waals surface area contributed by atoms with Gasteiger partial charge in [-0.2, -0.15) is 0 Å². The molecule has 1 rings (SSSR count). The summed E-state index contributed by atoms with van der Waals surface area (Å²) < 4.78 is 13.0. The topological polar surface area (TPSA) is 49.3 Å². The first-order valence-corrected chi connectivity index (χ1v) is 4.87. The van der Waals surface area contributed by atoms with Crippen LogP contribution in [0.4, 0.5) is 10.1 Å². The first-order valence-electron chi connectivity index (χ1n) is 4.49. The van der Waals surface area contributed by atoms with E-state index in [1.165, 1.54) is 12.1 Å². The van der Waals surface area contributed by atoms with E-state index in [0.717, 1.165) is 6.07 Å². The van der Waals surface area contributed by atoms with Crippen LogP contribution in [0, 0.1) is 5.82 Å². The minimum Gasteiger partial charge on any atom is -0.396 e. The second-order valence-electron chi connectivity index (χ2n) is 3.00. The Morgan fingerprint density at radius 1 is 1.53 bits per heavy atom. The maximum absolute atomic E-state index is 13.0. The SMILES string of the molecule is O=C(CCCO)Nc1ccc(Cl)c(F)c1. The molecule has 0 aromatic heterocycles. The monoisotopic (exact) mass is 231 g/mol. The van der Waals surface area contributed by atoms with Gasteiger partial charge in [-0.05, 0) is 24.6 Å². The number of rotatable bonds is 4. The van der Waals surface area contributed by atoms with Crippen molar-refractivity contribution in [3.8, 4) is 0 Å². The van der Waals surface area contributed by atoms with Gasteiger partial charge < -0.3 is 10.4 Å². The molecule has 15 heavy (non-hydrogen) atoms. The van der Waals surface area contributed by atoms with Crippen LogP contribution in [0.25, 0.3) is 0 Å². The average molecular weight is 232 g/mol. The van der Waals surface area contributed by atoms with Crippen LogP contribution in [-0.2, 0) is 4.79 Å². The van der Waals surface area contributed by atoms with Gasteiger partial charge in [-0.15, -0.1) is 0 Å². The van der Waals surface area contributed by atoms with Crippen molar-refractivity contribution in [2.75, 3.05) is 11.9 Å². The quantitative estimate of drug-likeness (QED) is 0.835. The Hall–Kier alpha value is -1.13. The van der Waals surface area contributed by atoms with Gasteiger partial charge in [0.1, 0.15) is 5.82 Å². The van der Waals surface area contributed by atoms with Crippen molar-refractivity contribution in [3.05, 3.63) is 29.0 Å². The summed E-state index contributed by atoms with van der Waals surface area (Å²) in [6.07, 6.45) is 0.600. The molecule has 2 N–H and O–H groups in total. The standard InChI is InChI=1S/C10H11ClFNO2/c11-8-4-3-7(6-9(8)12)13-10(15)2-1-5-14/h3-4,6,14H,1-2,5H2,(H,13,15). The molecule has 0 radical (unpaired) electrons. The minimum absolute atomic E-state index is 0.0170. The summed E-state index contributed by atoms with van der Waals surface area (Å²) in [6, 6.07) is 4.04. The van der Waals surface area contributed by atoms with Crippen LogP contribution in [0.1, 0.15) is 12.8 Å². The molecule has 0 aliphatic carbocycles. The molecule has 5 heteroatoms. The number of benzene rings is 1. The second-order valence-corrected chi connectivity index (χ2v) is 3.41. The fourth-order valence-electron chi connectivity index (χ4n) is 1.04. The third kappa shape index (κ3) is 3.85. The van der Waals surface area contributed by atoms with E-state index in [9.17, 15) is 9.18 Å². The van der Waals surface area contributed by atoms with Crippen molar-refractivity contribution in [1.29, 1.82) is 0 Å². The zero-order valence-electron chi connectivity index (χ0n) is 7.96. The molecular formula is C10H11ClFNO2. The molecule has 0 bridgehead atoms. The van der Waals surface area contributed by atoms with E-state index >= 15 is 0 Å². The summed E-state index contributed by atoms with van der Waals surface area (Å²) in [6.45, 7) is -0.0393. The lowest BCUT2D eigenvalue weighted by Gasteiger charge is -2.04. The van der Waals surface area contributed by atoms with Gasteiger partial charge in [0.05, 0.1) is 5.02 Å². The highest BCUT2D eigenvalue weighted by molar-refractivity contribution is 6.30. The predicted molar refractivity (Wildman–Crippen MR) is 56.4 cm³/mol. The highest BCUT2D eigenvalue weighted by Gasteiger charge is 2.04. The Morgan fingerprint density at radius 3 is 2.87 bits per heavy atom. The molecule has 0 atom stereocenters. The number of hydrogen-bond acceptors (Lipinski definition) is 2. The van der Waals surface area contributed by atoms with E-state index in [2.05, 4.69) is 5.32 Å². The van der Waals surface area contributed by atoms with Gasteiger partial charge in [-0.25, -0.2) is 4.39 Å². The van der Waals surface area contributed by atoms with Gasteiger partial charge in [0, 0.05) is 18.7 Å². The van der Waals surface area contributed by atoms with Gasteiger partial charge in [0.25, 0.3) is 0 Å². The minimum atomic E-state index is -0.573. The molecule has 1 amide bonds. The lowest BCUT2D eigenvalue weighted by molar-refractivity contribution is -0.116. The number of hydrogen-bond donors (Lipinski definition) is 2. The van der Waals surface area contributed by atoms with E-state index < -0.39 is 5.82 Å². The third-order valence-electron chi connectivity index (χ3n) is 1.77. The van der Waals surface area contributed by atoms with Gasteiger partial charge >= 0.3 is 0 Å². The molecule has 0 spiro atoms. The third-order valence-corrected chi connectivity index (χ3v) is 2.07. The molecule has 1 aromatic rings. The number of aliphatic hydroxyl groups excluding tert-OH is 1. The first-order chi connectivity index (χ1) is 7.13. The van der Waals surface area contributed by atoms with Crippen LogP contribution in [0.2, 0.25) is 5.02 Å². The van der Waals surface area contributed by atoms with E-state index in [-0.39, 0.29) is 24.0 Å². The van der Waals surface area contributed by atoms with Crippen LogP contribution < -0.4 is 5.32 Å². The maximum Gasteiger partial charge on any atom is 0.224 e. The molecule has 0 heterocycles. The van der Waals surface area contributed by atoms with Crippen molar-refractivity contribution in [2.45, 2.75) is 12.8 Å². The lowest BCUT2D eigenvalue weighted by Crippen LogP contribution is -2.11. The molecule has 3 nitrogen and oxygen atoms in total. The first kappa shape index (κ1) is 11.9. The van der Waals surface area contributed by atoms with Crippen molar-refractivity contribution >= 4 is 23.2 Å². The Balaban J connectivity index is 2.57. The summed E-state index contributed by atoms with van der Waals surface area (Å²) in [5.74, 6) is -0.831. The molecule has 0 saturated heterocycles. The van der Waals surface area contributed by atoms with Crippen molar-refractivity contribution in [2.24, 2.45) is 0 Å².